The van der Waals surface area contributed by atoms with Crippen molar-refractivity contribution in [2.45, 2.75) is 37.9 Å². The van der Waals surface area contributed by atoms with Gasteiger partial charge in [0.05, 0.1) is 5.69 Å². The van der Waals surface area contributed by atoms with Gasteiger partial charge in [0.15, 0.2) is 0 Å². The summed E-state index contributed by atoms with van der Waals surface area (Å²) in [6.45, 7) is 5.74. The summed E-state index contributed by atoms with van der Waals surface area (Å²) in [5.74, 6) is -1.06. The molecule has 6 heteroatoms. The van der Waals surface area contributed by atoms with Crippen molar-refractivity contribution in [1.29, 1.82) is 0 Å². The molecule has 0 aliphatic carbocycles. The van der Waals surface area contributed by atoms with Gasteiger partial charge < -0.3 is 0 Å². The van der Waals surface area contributed by atoms with Gasteiger partial charge in [-0.3, -0.25) is 9.19 Å². The zero-order chi connectivity index (χ0) is 17.9. The maximum absolute atomic E-state index is 13.5. The summed E-state index contributed by atoms with van der Waals surface area (Å²) in [7, 11) is -1.11. The molecule has 1 aromatic carbocycles. The monoisotopic (exact) mass is 415 g/mol. The van der Waals surface area contributed by atoms with E-state index in [4.69, 9.17) is 0 Å². The average Bonchev–Trinajstić information content (AvgIpc) is 2.45. The zero-order valence-electron chi connectivity index (χ0n) is 13.9. The summed E-state index contributed by atoms with van der Waals surface area (Å²) < 4.78 is 40.0. The minimum atomic E-state index is -1.11. The molecule has 0 N–H and O–H groups in total. The Bertz CT molecular complexity index is 726. The van der Waals surface area contributed by atoms with Crippen LogP contribution >= 0.6 is 15.9 Å². The first-order chi connectivity index (χ1) is 11.2. The standard InChI is InChI=1S/C18H20BrF2NOS/c1-18(2,3)24(23)11-13(17-16(19)5-4-6-22-17)7-12-8-14(20)10-15(21)9-12/h4-6,8-10,13H,7,11H2,1-3H3/t13-,24?/m1/s1. The first-order valence-corrected chi connectivity index (χ1v) is 9.72. The smallest absolute Gasteiger partial charge is 0.126 e. The van der Waals surface area contributed by atoms with Crippen molar-refractivity contribution < 1.29 is 13.0 Å². The highest BCUT2D eigenvalue weighted by molar-refractivity contribution is 9.10. The molecule has 0 saturated heterocycles. The van der Waals surface area contributed by atoms with Gasteiger partial charge in [-0.1, -0.05) is 0 Å². The molecule has 0 spiro atoms. The number of benzene rings is 1. The summed E-state index contributed by atoms with van der Waals surface area (Å²) in [4.78, 5) is 4.39. The Hall–Kier alpha value is -1.14. The fourth-order valence-electron chi connectivity index (χ4n) is 2.38. The zero-order valence-corrected chi connectivity index (χ0v) is 16.3. The van der Waals surface area contributed by atoms with Crippen LogP contribution in [0.3, 0.4) is 0 Å². The molecule has 0 aliphatic heterocycles. The molecule has 24 heavy (non-hydrogen) atoms. The van der Waals surface area contributed by atoms with Gasteiger partial charge in [0.1, 0.15) is 11.6 Å². The Kier molecular flexibility index (Phi) is 6.26. The number of rotatable bonds is 5. The Balaban J connectivity index is 2.35. The van der Waals surface area contributed by atoms with Crippen molar-refractivity contribution in [2.24, 2.45) is 0 Å². The molecule has 0 fully saturated rings. The second-order valence-electron chi connectivity index (χ2n) is 6.67. The lowest BCUT2D eigenvalue weighted by Gasteiger charge is -2.23. The molecule has 0 amide bonds. The molecule has 130 valence electrons. The Morgan fingerprint density at radius 2 is 1.83 bits per heavy atom. The quantitative estimate of drug-likeness (QED) is 0.687. The largest absolute Gasteiger partial charge is 0.260 e. The van der Waals surface area contributed by atoms with Crippen LogP contribution < -0.4 is 0 Å². The predicted molar refractivity (Wildman–Crippen MR) is 97.5 cm³/mol. The van der Waals surface area contributed by atoms with Crippen LogP contribution in [0, 0.1) is 11.6 Å². The fourth-order valence-corrected chi connectivity index (χ4v) is 4.10. The number of pyridine rings is 1. The van der Waals surface area contributed by atoms with Crippen molar-refractivity contribution in [3.05, 3.63) is 63.9 Å². The van der Waals surface area contributed by atoms with E-state index >= 15 is 0 Å². The van der Waals surface area contributed by atoms with Crippen molar-refractivity contribution in [3.63, 3.8) is 0 Å². The van der Waals surface area contributed by atoms with Crippen molar-refractivity contribution in [2.75, 3.05) is 5.75 Å². The highest BCUT2D eigenvalue weighted by Crippen LogP contribution is 2.29. The molecule has 1 aromatic heterocycles. The van der Waals surface area contributed by atoms with Gasteiger partial charge in [-0.2, -0.15) is 0 Å². The number of halogens is 3. The average molecular weight is 416 g/mol. The van der Waals surface area contributed by atoms with Crippen LogP contribution in [0.15, 0.2) is 41.0 Å². The molecule has 2 nitrogen and oxygen atoms in total. The molecule has 2 aromatic rings. The maximum Gasteiger partial charge on any atom is 0.126 e. The molecule has 0 aliphatic rings. The van der Waals surface area contributed by atoms with Crippen molar-refractivity contribution in [3.8, 4) is 0 Å². The van der Waals surface area contributed by atoms with E-state index in [1.165, 1.54) is 12.1 Å². The molecular weight excluding hydrogens is 396 g/mol. The summed E-state index contributed by atoms with van der Waals surface area (Å²) in [5.41, 5.74) is 1.28. The van der Waals surface area contributed by atoms with Crippen molar-refractivity contribution >= 4 is 26.7 Å². The molecule has 2 rings (SSSR count). The van der Waals surface area contributed by atoms with Crippen LogP contribution in [-0.4, -0.2) is 19.7 Å². The summed E-state index contributed by atoms with van der Waals surface area (Å²) in [6.07, 6.45) is 2.03. The van der Waals surface area contributed by atoms with E-state index in [-0.39, 0.29) is 10.7 Å². The molecule has 0 radical (unpaired) electrons. The Morgan fingerprint density at radius 3 is 2.38 bits per heavy atom. The molecule has 2 atom stereocenters. The topological polar surface area (TPSA) is 30.0 Å². The van der Waals surface area contributed by atoms with E-state index < -0.39 is 22.4 Å². The number of aromatic nitrogens is 1. The third kappa shape index (κ3) is 5.18. The molecule has 1 heterocycles. The first-order valence-electron chi connectivity index (χ1n) is 7.60. The Morgan fingerprint density at radius 1 is 1.21 bits per heavy atom. The normalized spacial score (nSPS) is 14.4. The van der Waals surface area contributed by atoms with Gasteiger partial charge in [-0.25, -0.2) is 8.78 Å². The van der Waals surface area contributed by atoms with Gasteiger partial charge in [0.2, 0.25) is 0 Å². The van der Waals surface area contributed by atoms with Crippen LogP contribution in [0.4, 0.5) is 8.78 Å². The Labute approximate surface area is 152 Å². The van der Waals surface area contributed by atoms with Crippen molar-refractivity contribution in [1.82, 2.24) is 4.98 Å². The van der Waals surface area contributed by atoms with Gasteiger partial charge in [0, 0.05) is 44.0 Å². The van der Waals surface area contributed by atoms with Crippen LogP contribution in [0.25, 0.3) is 0 Å². The van der Waals surface area contributed by atoms with E-state index in [9.17, 15) is 13.0 Å². The van der Waals surface area contributed by atoms with E-state index in [2.05, 4.69) is 20.9 Å². The lowest BCUT2D eigenvalue weighted by atomic mass is 9.97. The first kappa shape index (κ1) is 19.2. The molecule has 0 saturated carbocycles. The number of hydrogen-bond acceptors (Lipinski definition) is 2. The third-order valence-electron chi connectivity index (χ3n) is 3.61. The lowest BCUT2D eigenvalue weighted by molar-refractivity contribution is 0.576. The van der Waals surface area contributed by atoms with Gasteiger partial charge in [-0.05, 0) is 73.0 Å². The lowest BCUT2D eigenvalue weighted by Crippen LogP contribution is -2.28. The van der Waals surface area contributed by atoms with Crippen LogP contribution in [0.5, 0.6) is 0 Å². The fraction of sp³-hybridized carbons (Fsp3) is 0.389. The summed E-state index contributed by atoms with van der Waals surface area (Å²) >= 11 is 3.47. The minimum absolute atomic E-state index is 0.207. The highest BCUT2D eigenvalue weighted by Gasteiger charge is 2.26. The second-order valence-corrected chi connectivity index (χ2v) is 9.78. The van der Waals surface area contributed by atoms with Crippen LogP contribution in [-0.2, 0) is 17.2 Å². The van der Waals surface area contributed by atoms with Gasteiger partial charge >= 0.3 is 0 Å². The van der Waals surface area contributed by atoms with Crippen LogP contribution in [0.1, 0.15) is 37.9 Å². The van der Waals surface area contributed by atoms with E-state index in [0.29, 0.717) is 17.7 Å². The van der Waals surface area contributed by atoms with Gasteiger partial charge in [-0.15, -0.1) is 0 Å². The van der Waals surface area contributed by atoms with E-state index in [0.717, 1.165) is 16.2 Å². The van der Waals surface area contributed by atoms with Gasteiger partial charge in [0.25, 0.3) is 0 Å². The molecular formula is C18H20BrF2NOS. The number of hydrogen-bond donors (Lipinski definition) is 0. The van der Waals surface area contributed by atoms with E-state index in [1.54, 1.807) is 12.3 Å². The van der Waals surface area contributed by atoms with Crippen LogP contribution in [0.2, 0.25) is 0 Å². The van der Waals surface area contributed by atoms with E-state index in [1.807, 2.05) is 26.8 Å². The molecule has 0 bridgehead atoms. The minimum Gasteiger partial charge on any atom is -0.260 e. The SMILES string of the molecule is CC(C)(C)S(=O)C[C@@H](Cc1cc(F)cc(F)c1)c1ncccc1Br. The maximum atomic E-state index is 13.5. The summed E-state index contributed by atoms with van der Waals surface area (Å²) in [5, 5.41) is 0. The third-order valence-corrected chi connectivity index (χ3v) is 6.36. The second kappa shape index (κ2) is 7.83. The highest BCUT2D eigenvalue weighted by atomic mass is 79.9. The number of nitrogens with zero attached hydrogens (tertiary/aromatic N) is 1. The molecule has 1 unspecified atom stereocenters. The summed E-state index contributed by atoms with van der Waals surface area (Å²) in [6, 6.07) is 7.14. The predicted octanol–water partition coefficient (Wildman–Crippen LogP) is 5.00.